The fraction of sp³-hybridized carbons (Fsp3) is 0.364. The van der Waals surface area contributed by atoms with Gasteiger partial charge >= 0.3 is 0 Å². The lowest BCUT2D eigenvalue weighted by Gasteiger charge is -2.34. The van der Waals surface area contributed by atoms with Crippen LogP contribution in [0.15, 0.2) is 41.6 Å². The van der Waals surface area contributed by atoms with Crippen LogP contribution in [0.4, 0.5) is 0 Å². The van der Waals surface area contributed by atoms with Crippen molar-refractivity contribution in [3.63, 3.8) is 0 Å². The number of sulfonamides is 1. The molecule has 4 heterocycles. The van der Waals surface area contributed by atoms with Gasteiger partial charge in [-0.3, -0.25) is 9.78 Å². The summed E-state index contributed by atoms with van der Waals surface area (Å²) in [6.07, 6.45) is 3.49. The van der Waals surface area contributed by atoms with Crippen LogP contribution in [0.5, 0.6) is 0 Å². The number of rotatable bonds is 4. The molecule has 0 aromatic carbocycles. The Balaban J connectivity index is 1.51. The minimum Gasteiger partial charge on any atom is -0.336 e. The van der Waals surface area contributed by atoms with E-state index in [2.05, 4.69) is 4.98 Å². The quantitative estimate of drug-likeness (QED) is 0.601. The molecule has 0 aliphatic carbocycles. The van der Waals surface area contributed by atoms with E-state index in [0.717, 1.165) is 26.8 Å². The number of pyridine rings is 1. The summed E-state index contributed by atoms with van der Waals surface area (Å²) in [6, 6.07) is 7.45. The van der Waals surface area contributed by atoms with E-state index in [9.17, 15) is 13.2 Å². The maximum Gasteiger partial charge on any atom is 0.255 e. The third-order valence-electron chi connectivity index (χ3n) is 5.70. The number of thiophene rings is 1. The van der Waals surface area contributed by atoms with Crippen LogP contribution in [0.25, 0.3) is 5.69 Å². The van der Waals surface area contributed by atoms with Gasteiger partial charge in [0.25, 0.3) is 5.91 Å². The van der Waals surface area contributed by atoms with Crippen LogP contribution in [0, 0.1) is 27.7 Å². The molecule has 1 aliphatic rings. The fourth-order valence-corrected chi connectivity index (χ4v) is 7.11. The number of nitrogens with zero attached hydrogens (tertiary/aromatic N) is 4. The van der Waals surface area contributed by atoms with Gasteiger partial charge in [-0.05, 0) is 52.0 Å². The average Bonchev–Trinajstić information content (AvgIpc) is 3.26. The molecule has 4 rings (SSSR count). The third kappa shape index (κ3) is 3.93. The van der Waals surface area contributed by atoms with Gasteiger partial charge in [0.2, 0.25) is 10.0 Å². The van der Waals surface area contributed by atoms with Gasteiger partial charge in [0.05, 0.1) is 22.3 Å². The normalized spacial score (nSPS) is 15.4. The largest absolute Gasteiger partial charge is 0.336 e. The topological polar surface area (TPSA) is 75.5 Å². The molecule has 7 nitrogen and oxygen atoms in total. The first kappa shape index (κ1) is 21.7. The molecule has 0 saturated carbocycles. The van der Waals surface area contributed by atoms with Crippen LogP contribution in [-0.2, 0) is 10.0 Å². The van der Waals surface area contributed by atoms with E-state index in [-0.39, 0.29) is 5.91 Å². The number of carbonyl (C=O) groups excluding carboxylic acids is 1. The van der Waals surface area contributed by atoms with Crippen LogP contribution < -0.4 is 0 Å². The molecule has 1 aliphatic heterocycles. The number of piperazine rings is 1. The summed E-state index contributed by atoms with van der Waals surface area (Å²) in [5.41, 5.74) is 3.36. The minimum absolute atomic E-state index is 0.0668. The Morgan fingerprint density at radius 1 is 1.06 bits per heavy atom. The molecule has 9 heteroatoms. The molecule has 31 heavy (non-hydrogen) atoms. The van der Waals surface area contributed by atoms with Gasteiger partial charge < -0.3 is 9.47 Å². The van der Waals surface area contributed by atoms with Gasteiger partial charge in [0, 0.05) is 53.5 Å². The Bertz CT molecular complexity index is 1220. The molecule has 1 amide bonds. The second-order valence-electron chi connectivity index (χ2n) is 7.81. The molecule has 1 saturated heterocycles. The number of aryl methyl sites for hydroxylation is 3. The van der Waals surface area contributed by atoms with Crippen molar-refractivity contribution in [1.29, 1.82) is 0 Å². The van der Waals surface area contributed by atoms with Gasteiger partial charge in [0.1, 0.15) is 0 Å². The predicted octanol–water partition coefficient (Wildman–Crippen LogP) is 3.31. The van der Waals surface area contributed by atoms with Crippen LogP contribution >= 0.6 is 11.3 Å². The predicted molar refractivity (Wildman–Crippen MR) is 121 cm³/mol. The monoisotopic (exact) mass is 458 g/mol. The Hall–Kier alpha value is -2.49. The highest BCUT2D eigenvalue weighted by Gasteiger charge is 2.33. The van der Waals surface area contributed by atoms with E-state index in [4.69, 9.17) is 0 Å². The molecule has 0 radical (unpaired) electrons. The Kier molecular flexibility index (Phi) is 5.76. The van der Waals surface area contributed by atoms with E-state index in [1.165, 1.54) is 15.6 Å². The Morgan fingerprint density at radius 3 is 2.35 bits per heavy atom. The van der Waals surface area contributed by atoms with Crippen LogP contribution in [-0.4, -0.2) is 59.3 Å². The van der Waals surface area contributed by atoms with E-state index in [1.54, 1.807) is 23.4 Å². The fourth-order valence-electron chi connectivity index (χ4n) is 4.17. The van der Waals surface area contributed by atoms with E-state index in [0.29, 0.717) is 36.6 Å². The second kappa shape index (κ2) is 8.22. The smallest absolute Gasteiger partial charge is 0.255 e. The Morgan fingerprint density at radius 2 is 1.77 bits per heavy atom. The minimum atomic E-state index is -3.54. The van der Waals surface area contributed by atoms with E-state index < -0.39 is 10.0 Å². The summed E-state index contributed by atoms with van der Waals surface area (Å²) < 4.78 is 29.6. The van der Waals surface area contributed by atoms with Crippen molar-refractivity contribution in [2.45, 2.75) is 32.6 Å². The van der Waals surface area contributed by atoms with Gasteiger partial charge in [-0.25, -0.2) is 8.42 Å². The molecule has 0 spiro atoms. The Labute approximate surface area is 187 Å². The molecule has 0 unspecified atom stereocenters. The first-order chi connectivity index (χ1) is 14.7. The molecule has 0 atom stereocenters. The third-order valence-corrected chi connectivity index (χ3v) is 8.82. The van der Waals surface area contributed by atoms with Gasteiger partial charge in [0.15, 0.2) is 0 Å². The summed E-state index contributed by atoms with van der Waals surface area (Å²) in [5, 5.41) is 0. The standard InChI is InChI=1S/C22H26N4O3S2/c1-15-12-20(17(3)26(15)19-6-5-7-23-14-19)22(27)24-8-10-25(11-9-24)31(28,29)21-13-16(2)30-18(21)4/h5-7,12-14H,8-11H2,1-4H3. The number of amides is 1. The van der Waals surface area contributed by atoms with E-state index in [1.807, 2.05) is 50.5 Å². The first-order valence-electron chi connectivity index (χ1n) is 10.2. The summed E-state index contributed by atoms with van der Waals surface area (Å²) in [6.45, 7) is 8.97. The summed E-state index contributed by atoms with van der Waals surface area (Å²) >= 11 is 1.49. The molecule has 0 bridgehead atoms. The highest BCUT2D eigenvalue weighted by atomic mass is 32.2. The van der Waals surface area contributed by atoms with Gasteiger partial charge in [-0.1, -0.05) is 0 Å². The summed E-state index contributed by atoms with van der Waals surface area (Å²) in [5.74, 6) is -0.0668. The summed E-state index contributed by atoms with van der Waals surface area (Å²) in [4.78, 5) is 21.3. The lowest BCUT2D eigenvalue weighted by atomic mass is 10.2. The van der Waals surface area contributed by atoms with Crippen molar-refractivity contribution in [3.05, 3.63) is 63.4 Å². The molecule has 3 aromatic heterocycles. The zero-order chi connectivity index (χ0) is 22.3. The second-order valence-corrected chi connectivity index (χ2v) is 11.2. The molecule has 1 fully saturated rings. The number of hydrogen-bond donors (Lipinski definition) is 0. The first-order valence-corrected chi connectivity index (χ1v) is 12.4. The van der Waals surface area contributed by atoms with Crippen molar-refractivity contribution in [1.82, 2.24) is 18.8 Å². The number of hydrogen-bond acceptors (Lipinski definition) is 5. The van der Waals surface area contributed by atoms with Crippen molar-refractivity contribution in [3.8, 4) is 5.69 Å². The zero-order valence-corrected chi connectivity index (χ0v) is 19.8. The maximum absolute atomic E-state index is 13.2. The molecule has 3 aromatic rings. The van der Waals surface area contributed by atoms with Crippen molar-refractivity contribution in [2.24, 2.45) is 0 Å². The maximum atomic E-state index is 13.2. The van der Waals surface area contributed by atoms with Crippen molar-refractivity contribution >= 4 is 27.3 Å². The van der Waals surface area contributed by atoms with Crippen molar-refractivity contribution in [2.75, 3.05) is 26.2 Å². The van der Waals surface area contributed by atoms with Crippen LogP contribution in [0.1, 0.15) is 31.5 Å². The number of aromatic nitrogens is 2. The van der Waals surface area contributed by atoms with E-state index >= 15 is 0 Å². The van der Waals surface area contributed by atoms with Crippen molar-refractivity contribution < 1.29 is 13.2 Å². The highest BCUT2D eigenvalue weighted by Crippen LogP contribution is 2.29. The highest BCUT2D eigenvalue weighted by molar-refractivity contribution is 7.89. The molecule has 164 valence electrons. The lowest BCUT2D eigenvalue weighted by molar-refractivity contribution is 0.0697. The van der Waals surface area contributed by atoms with Crippen LogP contribution in [0.2, 0.25) is 0 Å². The SMILES string of the molecule is Cc1cc(S(=O)(=O)N2CCN(C(=O)c3cc(C)n(-c4cccnc4)c3C)CC2)c(C)s1. The molecule has 0 N–H and O–H groups in total. The van der Waals surface area contributed by atoms with Gasteiger partial charge in [-0.15, -0.1) is 11.3 Å². The zero-order valence-electron chi connectivity index (χ0n) is 18.1. The molecular formula is C22H26N4O3S2. The summed E-state index contributed by atoms with van der Waals surface area (Å²) in [7, 11) is -3.54. The average molecular weight is 459 g/mol. The van der Waals surface area contributed by atoms with Crippen LogP contribution in [0.3, 0.4) is 0 Å². The van der Waals surface area contributed by atoms with Gasteiger partial charge in [-0.2, -0.15) is 4.31 Å². The molecular weight excluding hydrogens is 432 g/mol. The number of carbonyl (C=O) groups is 1. The lowest BCUT2D eigenvalue weighted by Crippen LogP contribution is -2.50.